The highest BCUT2D eigenvalue weighted by Crippen LogP contribution is 2.17. The monoisotopic (exact) mass is 296 g/mol. The van der Waals surface area contributed by atoms with Crippen molar-refractivity contribution < 1.29 is 13.2 Å². The number of hydrogen-bond donors (Lipinski definition) is 2. The van der Waals surface area contributed by atoms with E-state index in [-0.39, 0.29) is 24.1 Å². The van der Waals surface area contributed by atoms with Crippen molar-refractivity contribution >= 4 is 21.6 Å². The predicted octanol–water partition coefficient (Wildman–Crippen LogP) is 1.88. The second-order valence-electron chi connectivity index (χ2n) is 5.09. The molecule has 5 nitrogen and oxygen atoms in total. The molecule has 0 atom stereocenters. The molecule has 20 heavy (non-hydrogen) atoms. The average molecular weight is 296 g/mol. The minimum Gasteiger partial charge on any atom is -0.353 e. The van der Waals surface area contributed by atoms with Crippen molar-refractivity contribution in [3.8, 4) is 0 Å². The molecule has 1 fully saturated rings. The van der Waals surface area contributed by atoms with Crippen LogP contribution in [-0.2, 0) is 14.8 Å². The Morgan fingerprint density at radius 2 is 1.80 bits per heavy atom. The number of anilines is 1. The molecule has 1 aliphatic rings. The van der Waals surface area contributed by atoms with Gasteiger partial charge in [0.15, 0.2) is 0 Å². The molecule has 6 heteroatoms. The maximum absolute atomic E-state index is 11.9. The Balaban J connectivity index is 1.78. The lowest BCUT2D eigenvalue weighted by atomic mass is 10.2. The molecular formula is C14H20N2O3S. The lowest BCUT2D eigenvalue weighted by Gasteiger charge is -2.12. The summed E-state index contributed by atoms with van der Waals surface area (Å²) in [5.74, 6) is -0.379. The van der Waals surface area contributed by atoms with Gasteiger partial charge in [-0.2, -0.15) is 0 Å². The second-order valence-corrected chi connectivity index (χ2v) is 6.93. The van der Waals surface area contributed by atoms with Crippen LogP contribution in [0.1, 0.15) is 32.1 Å². The number of carbonyl (C=O) groups excluding carboxylic acids is 1. The van der Waals surface area contributed by atoms with E-state index in [9.17, 15) is 13.2 Å². The first kappa shape index (κ1) is 14.8. The van der Waals surface area contributed by atoms with Gasteiger partial charge in [0.05, 0.1) is 5.75 Å². The van der Waals surface area contributed by atoms with Gasteiger partial charge in [0, 0.05) is 18.2 Å². The van der Waals surface area contributed by atoms with E-state index < -0.39 is 10.0 Å². The molecule has 0 spiro atoms. The van der Waals surface area contributed by atoms with E-state index in [1.807, 2.05) is 6.07 Å². The highest BCUT2D eigenvalue weighted by Gasteiger charge is 2.19. The van der Waals surface area contributed by atoms with Gasteiger partial charge in [0.1, 0.15) is 0 Å². The van der Waals surface area contributed by atoms with E-state index in [0.29, 0.717) is 5.69 Å². The van der Waals surface area contributed by atoms with Gasteiger partial charge >= 0.3 is 0 Å². The minimum absolute atomic E-state index is 0.00132. The van der Waals surface area contributed by atoms with Crippen LogP contribution in [-0.4, -0.2) is 26.1 Å². The third kappa shape index (κ3) is 4.85. The lowest BCUT2D eigenvalue weighted by molar-refractivity contribution is -0.121. The number of benzene rings is 1. The Morgan fingerprint density at radius 3 is 2.45 bits per heavy atom. The summed E-state index contributed by atoms with van der Waals surface area (Å²) < 4.78 is 26.2. The number of nitrogens with one attached hydrogen (secondary N) is 2. The lowest BCUT2D eigenvalue weighted by Crippen LogP contribution is -2.34. The third-order valence-corrected chi connectivity index (χ3v) is 4.65. The van der Waals surface area contributed by atoms with Crippen molar-refractivity contribution in [3.63, 3.8) is 0 Å². The van der Waals surface area contributed by atoms with Crippen LogP contribution < -0.4 is 10.0 Å². The summed E-state index contributed by atoms with van der Waals surface area (Å²) in [5.41, 5.74) is 0.517. The van der Waals surface area contributed by atoms with E-state index in [1.165, 1.54) is 0 Å². The zero-order chi connectivity index (χ0) is 14.4. The average Bonchev–Trinajstić information content (AvgIpc) is 2.90. The van der Waals surface area contributed by atoms with E-state index in [1.54, 1.807) is 24.3 Å². The fourth-order valence-electron chi connectivity index (χ4n) is 2.33. The standard InChI is InChI=1S/C14H20N2O3S/c17-14(15-12-6-4-5-7-12)10-11-20(18,19)16-13-8-2-1-3-9-13/h1-3,8-9,12,16H,4-7,10-11H2,(H,15,17). The molecule has 110 valence electrons. The van der Waals surface area contributed by atoms with Crippen molar-refractivity contribution in [3.05, 3.63) is 30.3 Å². The second kappa shape index (κ2) is 6.74. The molecule has 0 radical (unpaired) electrons. The molecule has 2 N–H and O–H groups in total. The van der Waals surface area contributed by atoms with Gasteiger partial charge in [-0.1, -0.05) is 31.0 Å². The van der Waals surface area contributed by atoms with Gasteiger partial charge in [-0.3, -0.25) is 9.52 Å². The van der Waals surface area contributed by atoms with E-state index in [0.717, 1.165) is 25.7 Å². The van der Waals surface area contributed by atoms with E-state index >= 15 is 0 Å². The topological polar surface area (TPSA) is 75.3 Å². The molecule has 0 unspecified atom stereocenters. The number of sulfonamides is 1. The smallest absolute Gasteiger partial charge is 0.233 e. The maximum atomic E-state index is 11.9. The SMILES string of the molecule is O=C(CCS(=O)(=O)Nc1ccccc1)NC1CCCC1. The molecule has 0 heterocycles. The van der Waals surface area contributed by atoms with E-state index in [4.69, 9.17) is 0 Å². The van der Waals surface area contributed by atoms with Gasteiger partial charge < -0.3 is 5.32 Å². The van der Waals surface area contributed by atoms with Gasteiger partial charge in [-0.15, -0.1) is 0 Å². The van der Waals surface area contributed by atoms with Gasteiger partial charge in [0.25, 0.3) is 0 Å². The largest absolute Gasteiger partial charge is 0.353 e. The van der Waals surface area contributed by atoms with Crippen LogP contribution in [0, 0.1) is 0 Å². The molecule has 1 aliphatic carbocycles. The number of para-hydroxylation sites is 1. The van der Waals surface area contributed by atoms with Crippen LogP contribution in [0.5, 0.6) is 0 Å². The normalized spacial score (nSPS) is 16.0. The van der Waals surface area contributed by atoms with Crippen molar-refractivity contribution in [2.45, 2.75) is 38.1 Å². The first-order valence-electron chi connectivity index (χ1n) is 6.90. The minimum atomic E-state index is -3.47. The first-order valence-corrected chi connectivity index (χ1v) is 8.55. The van der Waals surface area contributed by atoms with Gasteiger partial charge in [-0.05, 0) is 25.0 Å². The first-order chi connectivity index (χ1) is 9.55. The molecule has 1 aromatic rings. The quantitative estimate of drug-likeness (QED) is 0.841. The van der Waals surface area contributed by atoms with Gasteiger partial charge in [-0.25, -0.2) is 8.42 Å². The molecule has 0 saturated heterocycles. The molecule has 1 saturated carbocycles. The van der Waals surface area contributed by atoms with Crippen molar-refractivity contribution in [1.82, 2.24) is 5.32 Å². The maximum Gasteiger partial charge on any atom is 0.233 e. The fourth-order valence-corrected chi connectivity index (χ4v) is 3.39. The number of rotatable bonds is 6. The van der Waals surface area contributed by atoms with Crippen LogP contribution >= 0.6 is 0 Å². The highest BCUT2D eigenvalue weighted by atomic mass is 32.2. The molecule has 0 aromatic heterocycles. The van der Waals surface area contributed by atoms with Crippen LogP contribution in [0.2, 0.25) is 0 Å². The Bertz CT molecular complexity index is 537. The summed E-state index contributed by atoms with van der Waals surface area (Å²) in [7, 11) is -3.47. The molecular weight excluding hydrogens is 276 g/mol. The Labute approximate surface area is 119 Å². The molecule has 0 aliphatic heterocycles. The highest BCUT2D eigenvalue weighted by molar-refractivity contribution is 7.92. The third-order valence-electron chi connectivity index (χ3n) is 3.37. The van der Waals surface area contributed by atoms with E-state index in [2.05, 4.69) is 10.0 Å². The fraction of sp³-hybridized carbons (Fsp3) is 0.500. The zero-order valence-corrected chi connectivity index (χ0v) is 12.2. The summed E-state index contributed by atoms with van der Waals surface area (Å²) in [6.07, 6.45) is 4.28. The van der Waals surface area contributed by atoms with Crippen molar-refractivity contribution in [2.75, 3.05) is 10.5 Å². The van der Waals surface area contributed by atoms with Crippen LogP contribution in [0.25, 0.3) is 0 Å². The van der Waals surface area contributed by atoms with Crippen molar-refractivity contribution in [1.29, 1.82) is 0 Å². The zero-order valence-electron chi connectivity index (χ0n) is 11.3. The van der Waals surface area contributed by atoms with Crippen LogP contribution in [0.3, 0.4) is 0 Å². The molecule has 2 rings (SSSR count). The molecule has 0 bridgehead atoms. The summed E-state index contributed by atoms with van der Waals surface area (Å²) in [5, 5.41) is 2.88. The Morgan fingerprint density at radius 1 is 1.15 bits per heavy atom. The van der Waals surface area contributed by atoms with Crippen molar-refractivity contribution in [2.24, 2.45) is 0 Å². The van der Waals surface area contributed by atoms with Gasteiger partial charge in [0.2, 0.25) is 15.9 Å². The molecule has 1 aromatic carbocycles. The number of hydrogen-bond acceptors (Lipinski definition) is 3. The summed E-state index contributed by atoms with van der Waals surface area (Å²) >= 11 is 0. The summed E-state index contributed by atoms with van der Waals surface area (Å²) in [6, 6.07) is 8.90. The summed E-state index contributed by atoms with van der Waals surface area (Å²) in [4.78, 5) is 11.7. The Hall–Kier alpha value is -1.56. The Kier molecular flexibility index (Phi) is 5.00. The predicted molar refractivity (Wildman–Crippen MR) is 78.9 cm³/mol. The number of amides is 1. The summed E-state index contributed by atoms with van der Waals surface area (Å²) in [6.45, 7) is 0. The molecule has 1 amide bonds. The van der Waals surface area contributed by atoms with Crippen LogP contribution in [0.15, 0.2) is 30.3 Å². The number of carbonyl (C=O) groups is 1. The van der Waals surface area contributed by atoms with Crippen LogP contribution in [0.4, 0.5) is 5.69 Å².